The van der Waals surface area contributed by atoms with Crippen molar-refractivity contribution < 1.29 is 0 Å². The Morgan fingerprint density at radius 2 is 2.35 bits per heavy atom. The van der Waals surface area contributed by atoms with E-state index in [2.05, 4.69) is 23.6 Å². The van der Waals surface area contributed by atoms with E-state index in [4.69, 9.17) is 16.9 Å². The van der Waals surface area contributed by atoms with E-state index >= 15 is 0 Å². The third kappa shape index (κ3) is 2.71. The van der Waals surface area contributed by atoms with Crippen molar-refractivity contribution in [2.45, 2.75) is 31.8 Å². The van der Waals surface area contributed by atoms with Crippen LogP contribution in [0.4, 0.5) is 5.69 Å². The zero-order chi connectivity index (χ0) is 12.3. The van der Waals surface area contributed by atoms with Crippen LogP contribution < -0.4 is 10.6 Å². The monoisotopic (exact) mass is 249 g/mol. The SMILES string of the molecule is CC1NCCCC1Nc1cccc(Cl)c1C#N. The molecule has 1 aliphatic rings. The number of hydrogen-bond donors (Lipinski definition) is 2. The second-order valence-corrected chi connectivity index (χ2v) is 4.82. The van der Waals surface area contributed by atoms with Crippen molar-refractivity contribution in [2.24, 2.45) is 0 Å². The van der Waals surface area contributed by atoms with Crippen molar-refractivity contribution in [3.63, 3.8) is 0 Å². The number of halogens is 1. The second-order valence-electron chi connectivity index (χ2n) is 4.41. The molecule has 1 aliphatic heterocycles. The summed E-state index contributed by atoms with van der Waals surface area (Å²) >= 11 is 6.01. The number of hydrogen-bond acceptors (Lipinski definition) is 3. The van der Waals surface area contributed by atoms with Gasteiger partial charge in [0.2, 0.25) is 0 Å². The maximum absolute atomic E-state index is 9.10. The molecule has 0 aliphatic carbocycles. The summed E-state index contributed by atoms with van der Waals surface area (Å²) in [6, 6.07) is 8.44. The van der Waals surface area contributed by atoms with Gasteiger partial charge in [0, 0.05) is 12.1 Å². The molecule has 2 rings (SSSR count). The predicted molar refractivity (Wildman–Crippen MR) is 70.3 cm³/mol. The van der Waals surface area contributed by atoms with E-state index < -0.39 is 0 Å². The Kier molecular flexibility index (Phi) is 3.88. The molecule has 1 aromatic carbocycles. The Labute approximate surface area is 107 Å². The summed E-state index contributed by atoms with van der Waals surface area (Å²) in [7, 11) is 0. The lowest BCUT2D eigenvalue weighted by Crippen LogP contribution is -2.46. The molecule has 1 aromatic rings. The Morgan fingerprint density at radius 1 is 1.53 bits per heavy atom. The molecule has 0 saturated carbocycles. The normalized spacial score (nSPS) is 24.1. The second kappa shape index (κ2) is 5.39. The Balaban J connectivity index is 2.18. The molecular formula is C13H16ClN3. The zero-order valence-corrected chi connectivity index (χ0v) is 10.6. The van der Waals surface area contributed by atoms with Crippen LogP contribution in [0.25, 0.3) is 0 Å². The van der Waals surface area contributed by atoms with Crippen molar-refractivity contribution >= 4 is 17.3 Å². The van der Waals surface area contributed by atoms with Gasteiger partial charge in [-0.3, -0.25) is 0 Å². The molecule has 3 nitrogen and oxygen atoms in total. The van der Waals surface area contributed by atoms with Gasteiger partial charge in [0.15, 0.2) is 0 Å². The molecule has 2 unspecified atom stereocenters. The van der Waals surface area contributed by atoms with Gasteiger partial charge in [0.1, 0.15) is 6.07 Å². The van der Waals surface area contributed by atoms with Crippen molar-refractivity contribution in [1.29, 1.82) is 5.26 Å². The van der Waals surface area contributed by atoms with E-state index in [9.17, 15) is 0 Å². The highest BCUT2D eigenvalue weighted by molar-refractivity contribution is 6.32. The van der Waals surface area contributed by atoms with Crippen LogP contribution in [-0.4, -0.2) is 18.6 Å². The maximum Gasteiger partial charge on any atom is 0.103 e. The van der Waals surface area contributed by atoms with Gasteiger partial charge in [-0.2, -0.15) is 5.26 Å². The van der Waals surface area contributed by atoms with E-state index in [0.717, 1.165) is 25.1 Å². The largest absolute Gasteiger partial charge is 0.380 e. The average Bonchev–Trinajstić information content (AvgIpc) is 2.32. The summed E-state index contributed by atoms with van der Waals surface area (Å²) in [6.45, 7) is 3.23. The van der Waals surface area contributed by atoms with E-state index in [0.29, 0.717) is 22.7 Å². The summed E-state index contributed by atoms with van der Waals surface area (Å²) in [5, 5.41) is 16.5. The fraction of sp³-hybridized carbons (Fsp3) is 0.462. The molecule has 0 spiro atoms. The Morgan fingerprint density at radius 3 is 3.06 bits per heavy atom. The highest BCUT2D eigenvalue weighted by Gasteiger charge is 2.21. The number of piperidine rings is 1. The first-order valence-corrected chi connectivity index (χ1v) is 6.28. The van der Waals surface area contributed by atoms with Crippen molar-refractivity contribution in [3.8, 4) is 6.07 Å². The first-order chi connectivity index (χ1) is 8.22. The highest BCUT2D eigenvalue weighted by Crippen LogP contribution is 2.25. The van der Waals surface area contributed by atoms with Crippen LogP contribution in [0.3, 0.4) is 0 Å². The lowest BCUT2D eigenvalue weighted by Gasteiger charge is -2.31. The van der Waals surface area contributed by atoms with Crippen LogP contribution in [-0.2, 0) is 0 Å². The van der Waals surface area contributed by atoms with Crippen molar-refractivity contribution in [3.05, 3.63) is 28.8 Å². The van der Waals surface area contributed by atoms with Crippen LogP contribution in [0.15, 0.2) is 18.2 Å². The number of nitriles is 1. The smallest absolute Gasteiger partial charge is 0.103 e. The molecule has 2 N–H and O–H groups in total. The van der Waals surface area contributed by atoms with Crippen LogP contribution in [0.5, 0.6) is 0 Å². The molecule has 90 valence electrons. The van der Waals surface area contributed by atoms with E-state index in [1.807, 2.05) is 12.1 Å². The first-order valence-electron chi connectivity index (χ1n) is 5.91. The molecule has 0 radical (unpaired) electrons. The summed E-state index contributed by atoms with van der Waals surface area (Å²) in [6.07, 6.45) is 2.27. The summed E-state index contributed by atoms with van der Waals surface area (Å²) in [5.74, 6) is 0. The number of nitrogens with zero attached hydrogens (tertiary/aromatic N) is 1. The van der Waals surface area contributed by atoms with Crippen LogP contribution in [0.2, 0.25) is 5.02 Å². The molecule has 4 heteroatoms. The van der Waals surface area contributed by atoms with Gasteiger partial charge in [0.25, 0.3) is 0 Å². The third-order valence-electron chi connectivity index (χ3n) is 3.23. The van der Waals surface area contributed by atoms with Gasteiger partial charge >= 0.3 is 0 Å². The standard InChI is InChI=1S/C13H16ClN3/c1-9-12(6-3-7-16-9)17-13-5-2-4-11(14)10(13)8-15/h2,4-5,9,12,16-17H,3,6-7H2,1H3. The molecule has 1 heterocycles. The minimum Gasteiger partial charge on any atom is -0.380 e. The molecule has 0 amide bonds. The van der Waals surface area contributed by atoms with E-state index in [1.165, 1.54) is 0 Å². The summed E-state index contributed by atoms with van der Waals surface area (Å²) in [5.41, 5.74) is 1.37. The van der Waals surface area contributed by atoms with Gasteiger partial charge < -0.3 is 10.6 Å². The minimum atomic E-state index is 0.356. The number of nitrogens with one attached hydrogen (secondary N) is 2. The Hall–Kier alpha value is -1.24. The fourth-order valence-electron chi connectivity index (χ4n) is 2.20. The van der Waals surface area contributed by atoms with Gasteiger partial charge in [-0.1, -0.05) is 17.7 Å². The third-order valence-corrected chi connectivity index (χ3v) is 3.54. The number of benzene rings is 1. The molecule has 2 atom stereocenters. The van der Waals surface area contributed by atoms with Gasteiger partial charge in [-0.25, -0.2) is 0 Å². The summed E-state index contributed by atoms with van der Waals surface area (Å²) in [4.78, 5) is 0. The predicted octanol–water partition coefficient (Wildman–Crippen LogP) is 2.76. The topological polar surface area (TPSA) is 47.8 Å². The lowest BCUT2D eigenvalue weighted by molar-refractivity contribution is 0.389. The highest BCUT2D eigenvalue weighted by atomic mass is 35.5. The van der Waals surface area contributed by atoms with E-state index in [-0.39, 0.29) is 0 Å². The molecule has 1 saturated heterocycles. The van der Waals surface area contributed by atoms with Gasteiger partial charge in [-0.05, 0) is 38.4 Å². The van der Waals surface area contributed by atoms with Crippen LogP contribution >= 0.6 is 11.6 Å². The van der Waals surface area contributed by atoms with Crippen LogP contribution in [0, 0.1) is 11.3 Å². The molecular weight excluding hydrogens is 234 g/mol. The molecule has 0 aromatic heterocycles. The van der Waals surface area contributed by atoms with E-state index in [1.54, 1.807) is 6.07 Å². The quantitative estimate of drug-likeness (QED) is 0.847. The summed E-state index contributed by atoms with van der Waals surface area (Å²) < 4.78 is 0. The van der Waals surface area contributed by atoms with Crippen molar-refractivity contribution in [2.75, 3.05) is 11.9 Å². The van der Waals surface area contributed by atoms with Crippen LogP contribution in [0.1, 0.15) is 25.3 Å². The number of rotatable bonds is 2. The fourth-order valence-corrected chi connectivity index (χ4v) is 2.42. The molecule has 0 bridgehead atoms. The molecule has 1 fully saturated rings. The van der Waals surface area contributed by atoms with Gasteiger partial charge in [-0.15, -0.1) is 0 Å². The zero-order valence-electron chi connectivity index (χ0n) is 9.83. The number of anilines is 1. The average molecular weight is 250 g/mol. The molecule has 17 heavy (non-hydrogen) atoms. The van der Waals surface area contributed by atoms with Crippen molar-refractivity contribution in [1.82, 2.24) is 5.32 Å². The minimum absolute atomic E-state index is 0.356. The Bertz CT molecular complexity index is 439. The first kappa shape index (κ1) is 12.2. The lowest BCUT2D eigenvalue weighted by atomic mass is 9.99. The maximum atomic E-state index is 9.10. The van der Waals surface area contributed by atoms with Gasteiger partial charge in [0.05, 0.1) is 16.3 Å².